The van der Waals surface area contributed by atoms with Crippen molar-refractivity contribution in [1.82, 2.24) is 5.32 Å². The second-order valence-electron chi connectivity index (χ2n) is 5.33. The second-order valence-corrected chi connectivity index (χ2v) is 7.16. The summed E-state index contributed by atoms with van der Waals surface area (Å²) in [7, 11) is 0. The first-order valence-electron chi connectivity index (χ1n) is 7.11. The molecule has 1 aromatic carbocycles. The lowest BCUT2D eigenvalue weighted by Gasteiger charge is -2.19. The van der Waals surface area contributed by atoms with Crippen LogP contribution in [-0.4, -0.2) is 24.2 Å². The number of hydrogen-bond acceptors (Lipinski definition) is 3. The predicted octanol–water partition coefficient (Wildman–Crippen LogP) is 3.89. The summed E-state index contributed by atoms with van der Waals surface area (Å²) in [5.41, 5.74) is 6.72. The SMILES string of the molecule is Cl.NCC1CCCC1NC(=O)CSCc1ccc(Cl)cc1Cl. The summed E-state index contributed by atoms with van der Waals surface area (Å²) >= 11 is 13.5. The van der Waals surface area contributed by atoms with Gasteiger partial charge in [0.15, 0.2) is 0 Å². The van der Waals surface area contributed by atoms with E-state index in [4.69, 9.17) is 28.9 Å². The summed E-state index contributed by atoms with van der Waals surface area (Å²) in [4.78, 5) is 12.0. The number of carbonyl (C=O) groups excluding carboxylic acids is 1. The summed E-state index contributed by atoms with van der Waals surface area (Å²) in [5.74, 6) is 1.65. The minimum Gasteiger partial charge on any atom is -0.352 e. The van der Waals surface area contributed by atoms with E-state index in [0.29, 0.717) is 34.0 Å². The number of rotatable bonds is 6. The van der Waals surface area contributed by atoms with E-state index >= 15 is 0 Å². The number of halogens is 3. The minimum absolute atomic E-state index is 0. The lowest BCUT2D eigenvalue weighted by molar-refractivity contribution is -0.119. The van der Waals surface area contributed by atoms with Gasteiger partial charge in [0.05, 0.1) is 5.75 Å². The first-order valence-corrected chi connectivity index (χ1v) is 9.02. The highest BCUT2D eigenvalue weighted by atomic mass is 35.5. The molecule has 0 bridgehead atoms. The van der Waals surface area contributed by atoms with Crippen LogP contribution in [0, 0.1) is 5.92 Å². The second kappa shape index (κ2) is 9.89. The monoisotopic (exact) mass is 382 g/mol. The van der Waals surface area contributed by atoms with Crippen LogP contribution in [0.4, 0.5) is 0 Å². The zero-order chi connectivity index (χ0) is 15.2. The van der Waals surface area contributed by atoms with E-state index in [2.05, 4.69) is 5.32 Å². The first-order chi connectivity index (χ1) is 10.1. The maximum Gasteiger partial charge on any atom is 0.230 e. The van der Waals surface area contributed by atoms with E-state index in [1.807, 2.05) is 12.1 Å². The van der Waals surface area contributed by atoms with Crippen molar-refractivity contribution in [1.29, 1.82) is 0 Å². The Kier molecular flexibility index (Phi) is 8.95. The molecule has 1 amide bonds. The summed E-state index contributed by atoms with van der Waals surface area (Å²) in [6.45, 7) is 0.651. The van der Waals surface area contributed by atoms with Crippen LogP contribution in [0.2, 0.25) is 10.0 Å². The van der Waals surface area contributed by atoms with Crippen LogP contribution >= 0.6 is 47.4 Å². The number of amides is 1. The van der Waals surface area contributed by atoms with E-state index in [1.165, 1.54) is 0 Å². The standard InChI is InChI=1S/C15H20Cl2N2OS.ClH/c16-12-5-4-11(13(17)6-12)8-21-9-15(20)19-14-3-1-2-10(14)7-18;/h4-6,10,14H,1-3,7-9,18H2,(H,19,20);1H. The quantitative estimate of drug-likeness (QED) is 0.783. The molecule has 2 rings (SSSR count). The van der Waals surface area contributed by atoms with Gasteiger partial charge in [0.2, 0.25) is 5.91 Å². The molecule has 0 aromatic heterocycles. The zero-order valence-corrected chi connectivity index (χ0v) is 15.3. The van der Waals surface area contributed by atoms with Crippen LogP contribution in [-0.2, 0) is 10.5 Å². The molecule has 0 aliphatic heterocycles. The summed E-state index contributed by atoms with van der Waals surface area (Å²) in [5, 5.41) is 4.37. The van der Waals surface area contributed by atoms with Crippen molar-refractivity contribution in [2.75, 3.05) is 12.3 Å². The molecule has 1 aliphatic carbocycles. The number of nitrogens with one attached hydrogen (secondary N) is 1. The average Bonchev–Trinajstić information content (AvgIpc) is 2.88. The Morgan fingerprint density at radius 2 is 2.14 bits per heavy atom. The van der Waals surface area contributed by atoms with Crippen LogP contribution in [0.25, 0.3) is 0 Å². The van der Waals surface area contributed by atoms with Gasteiger partial charge in [-0.2, -0.15) is 0 Å². The van der Waals surface area contributed by atoms with Gasteiger partial charge in [-0.3, -0.25) is 4.79 Å². The maximum absolute atomic E-state index is 12.0. The summed E-state index contributed by atoms with van der Waals surface area (Å²) in [6, 6.07) is 5.69. The zero-order valence-electron chi connectivity index (χ0n) is 12.2. The predicted molar refractivity (Wildman–Crippen MR) is 98.2 cm³/mol. The van der Waals surface area contributed by atoms with Crippen LogP contribution in [0.5, 0.6) is 0 Å². The summed E-state index contributed by atoms with van der Waals surface area (Å²) < 4.78 is 0. The largest absolute Gasteiger partial charge is 0.352 e. The molecule has 0 spiro atoms. The Bertz CT molecular complexity index is 502. The molecule has 1 aliphatic rings. The van der Waals surface area contributed by atoms with Crippen molar-refractivity contribution in [3.63, 3.8) is 0 Å². The van der Waals surface area contributed by atoms with Crippen molar-refractivity contribution in [3.05, 3.63) is 33.8 Å². The van der Waals surface area contributed by atoms with Crippen LogP contribution in [0.15, 0.2) is 18.2 Å². The number of nitrogens with two attached hydrogens (primary N) is 1. The number of carbonyl (C=O) groups is 1. The van der Waals surface area contributed by atoms with E-state index < -0.39 is 0 Å². The Labute approximate surface area is 152 Å². The van der Waals surface area contributed by atoms with Crippen molar-refractivity contribution < 1.29 is 4.79 Å². The van der Waals surface area contributed by atoms with Crippen LogP contribution in [0.3, 0.4) is 0 Å². The van der Waals surface area contributed by atoms with Gasteiger partial charge in [-0.05, 0) is 43.0 Å². The highest BCUT2D eigenvalue weighted by Crippen LogP contribution is 2.26. The third kappa shape index (κ3) is 5.82. The van der Waals surface area contributed by atoms with Crippen LogP contribution < -0.4 is 11.1 Å². The summed E-state index contributed by atoms with van der Waals surface area (Å²) in [6.07, 6.45) is 3.32. The van der Waals surface area contributed by atoms with Gasteiger partial charge in [0.25, 0.3) is 0 Å². The van der Waals surface area contributed by atoms with Gasteiger partial charge in [0.1, 0.15) is 0 Å². The number of benzene rings is 1. The molecule has 22 heavy (non-hydrogen) atoms. The van der Waals surface area contributed by atoms with E-state index in [9.17, 15) is 4.79 Å². The van der Waals surface area contributed by atoms with Gasteiger partial charge < -0.3 is 11.1 Å². The lowest BCUT2D eigenvalue weighted by Crippen LogP contribution is -2.40. The topological polar surface area (TPSA) is 55.1 Å². The van der Waals surface area contributed by atoms with Crippen molar-refractivity contribution in [2.24, 2.45) is 11.7 Å². The molecule has 3 N–H and O–H groups in total. The highest BCUT2D eigenvalue weighted by molar-refractivity contribution is 7.99. The highest BCUT2D eigenvalue weighted by Gasteiger charge is 2.27. The van der Waals surface area contributed by atoms with Gasteiger partial charge in [-0.15, -0.1) is 24.2 Å². The molecule has 0 heterocycles. The van der Waals surface area contributed by atoms with Gasteiger partial charge in [0, 0.05) is 21.8 Å². The molecule has 124 valence electrons. The Hall–Kier alpha value is -0.130. The van der Waals surface area contributed by atoms with Crippen molar-refractivity contribution in [3.8, 4) is 0 Å². The van der Waals surface area contributed by atoms with Crippen molar-refractivity contribution in [2.45, 2.75) is 31.1 Å². The average molecular weight is 384 g/mol. The fourth-order valence-electron chi connectivity index (χ4n) is 2.65. The molecule has 3 nitrogen and oxygen atoms in total. The molecule has 0 saturated heterocycles. The minimum atomic E-state index is 0. The molecule has 1 fully saturated rings. The van der Waals surface area contributed by atoms with Gasteiger partial charge in [-0.1, -0.05) is 35.7 Å². The molecule has 2 unspecified atom stereocenters. The molecule has 1 aromatic rings. The maximum atomic E-state index is 12.0. The fourth-order valence-corrected chi connectivity index (χ4v) is 4.05. The van der Waals surface area contributed by atoms with Crippen LogP contribution in [0.1, 0.15) is 24.8 Å². The third-order valence-corrected chi connectivity index (χ3v) is 5.38. The van der Waals surface area contributed by atoms with E-state index in [0.717, 1.165) is 24.8 Å². The number of thioether (sulfide) groups is 1. The molecule has 7 heteroatoms. The first kappa shape index (κ1) is 19.9. The Morgan fingerprint density at radius 3 is 2.82 bits per heavy atom. The lowest BCUT2D eigenvalue weighted by atomic mass is 10.0. The molecular formula is C15H21Cl3N2OS. The van der Waals surface area contributed by atoms with Gasteiger partial charge >= 0.3 is 0 Å². The Balaban J connectivity index is 0.00000242. The molecule has 2 atom stereocenters. The molecule has 0 radical (unpaired) electrons. The van der Waals surface area contributed by atoms with E-state index in [-0.39, 0.29) is 24.4 Å². The third-order valence-electron chi connectivity index (χ3n) is 3.81. The fraction of sp³-hybridized carbons (Fsp3) is 0.533. The molecule has 1 saturated carbocycles. The van der Waals surface area contributed by atoms with E-state index in [1.54, 1.807) is 17.8 Å². The normalized spacial score (nSPS) is 20.5. The number of hydrogen-bond donors (Lipinski definition) is 2. The van der Waals surface area contributed by atoms with Gasteiger partial charge in [-0.25, -0.2) is 0 Å². The molecular weight excluding hydrogens is 363 g/mol. The smallest absolute Gasteiger partial charge is 0.230 e. The van der Waals surface area contributed by atoms with Crippen molar-refractivity contribution >= 4 is 53.3 Å². The Morgan fingerprint density at radius 1 is 1.36 bits per heavy atom.